The summed E-state index contributed by atoms with van der Waals surface area (Å²) in [6, 6.07) is 9.10. The molecule has 3 aromatic rings. The summed E-state index contributed by atoms with van der Waals surface area (Å²) in [5.41, 5.74) is 2.16. The fourth-order valence-corrected chi connectivity index (χ4v) is 8.56. The molecule has 46 heavy (non-hydrogen) atoms. The molecule has 8 rings (SSSR count). The molecule has 242 valence electrons. The molecule has 1 aromatic heterocycles. The van der Waals surface area contributed by atoms with Crippen molar-refractivity contribution in [1.29, 1.82) is 0 Å². The van der Waals surface area contributed by atoms with Crippen molar-refractivity contribution in [2.45, 2.75) is 50.9 Å². The molecule has 2 unspecified atom stereocenters. The quantitative estimate of drug-likeness (QED) is 0.344. The number of nitrogens with zero attached hydrogens (tertiary/aromatic N) is 6. The van der Waals surface area contributed by atoms with E-state index in [1.807, 2.05) is 18.2 Å². The topological polar surface area (TPSA) is 132 Å². The van der Waals surface area contributed by atoms with Crippen molar-refractivity contribution in [3.63, 3.8) is 0 Å². The van der Waals surface area contributed by atoms with E-state index in [1.165, 1.54) is 0 Å². The lowest BCUT2D eigenvalue weighted by Gasteiger charge is -2.40. The fourth-order valence-electron chi connectivity index (χ4n) is 7.75. The lowest BCUT2D eigenvalue weighted by Crippen LogP contribution is -2.56. The average molecular weight is 741 g/mol. The lowest BCUT2D eigenvalue weighted by atomic mass is 10.0. The highest BCUT2D eigenvalue weighted by molar-refractivity contribution is 14.1. The highest BCUT2D eigenvalue weighted by Crippen LogP contribution is 2.47. The second kappa shape index (κ2) is 11.7. The number of anilines is 1. The first-order valence-corrected chi connectivity index (χ1v) is 17.1. The summed E-state index contributed by atoms with van der Waals surface area (Å²) in [6.07, 6.45) is 2.97. The number of amides is 2. The molecule has 2 bridgehead atoms. The zero-order valence-electron chi connectivity index (χ0n) is 25.5. The van der Waals surface area contributed by atoms with Gasteiger partial charge in [-0.1, -0.05) is 12.1 Å². The van der Waals surface area contributed by atoms with Gasteiger partial charge in [0.15, 0.2) is 0 Å². The van der Waals surface area contributed by atoms with Crippen LogP contribution in [0, 0.1) is 8.99 Å². The molecule has 13 heteroatoms. The highest BCUT2D eigenvalue weighted by Gasteiger charge is 2.46. The number of piperazine rings is 1. The largest absolute Gasteiger partial charge is 0.508 e. The standard InChI is InChI=1S/C33H37IN6O6/c34-26-3-1-2-20-12-23(41)13-24(28(20)26)30(42)39-16-25-27(17-39)35-31(46-19-33(6-7-33)18-37-8-10-45-11-9-37)36-29(25)38-14-21-4-5-22(15-38)40(21)32(43)44/h1-3,12-13,21-22,41H,4-11,14-19H2,(H,43,44). The van der Waals surface area contributed by atoms with Crippen LogP contribution in [-0.4, -0.2) is 112 Å². The summed E-state index contributed by atoms with van der Waals surface area (Å²) in [4.78, 5) is 44.0. The molecule has 4 fully saturated rings. The molecule has 1 aliphatic carbocycles. The molecule has 3 saturated heterocycles. The minimum absolute atomic E-state index is 0.0450. The predicted molar refractivity (Wildman–Crippen MR) is 177 cm³/mol. The van der Waals surface area contributed by atoms with Gasteiger partial charge in [0, 0.05) is 52.7 Å². The van der Waals surface area contributed by atoms with Gasteiger partial charge in [-0.3, -0.25) is 14.6 Å². The summed E-state index contributed by atoms with van der Waals surface area (Å²) in [5, 5.41) is 22.0. The highest BCUT2D eigenvalue weighted by atomic mass is 127. The molecule has 5 aliphatic rings. The Morgan fingerprint density at radius 1 is 1.07 bits per heavy atom. The van der Waals surface area contributed by atoms with Gasteiger partial charge in [-0.25, -0.2) is 4.79 Å². The Morgan fingerprint density at radius 2 is 1.83 bits per heavy atom. The number of aromatic nitrogens is 2. The number of carboxylic acid groups (broad SMARTS) is 1. The monoisotopic (exact) mass is 740 g/mol. The molecule has 4 aliphatic heterocycles. The number of fused-ring (bicyclic) bond motifs is 4. The van der Waals surface area contributed by atoms with Gasteiger partial charge in [0.25, 0.3) is 5.91 Å². The van der Waals surface area contributed by atoms with Gasteiger partial charge >= 0.3 is 12.1 Å². The molecular weight excluding hydrogens is 703 g/mol. The number of phenolic OH excluding ortho intramolecular Hbond substituents is 1. The van der Waals surface area contributed by atoms with Crippen LogP contribution in [0.1, 0.15) is 47.3 Å². The first kappa shape index (κ1) is 29.9. The zero-order chi connectivity index (χ0) is 31.6. The van der Waals surface area contributed by atoms with Crippen molar-refractivity contribution in [2.24, 2.45) is 5.41 Å². The van der Waals surface area contributed by atoms with Crippen molar-refractivity contribution in [1.82, 2.24) is 24.7 Å². The fraction of sp³-hybridized carbons (Fsp3) is 0.515. The van der Waals surface area contributed by atoms with Gasteiger partial charge in [-0.15, -0.1) is 0 Å². The minimum atomic E-state index is -0.871. The van der Waals surface area contributed by atoms with E-state index in [1.54, 1.807) is 21.9 Å². The number of hydrogen-bond acceptors (Lipinski definition) is 9. The number of hydrogen-bond donors (Lipinski definition) is 2. The Labute approximate surface area is 280 Å². The summed E-state index contributed by atoms with van der Waals surface area (Å²) in [7, 11) is 0. The van der Waals surface area contributed by atoms with Gasteiger partial charge in [-0.05, 0) is 71.9 Å². The Bertz CT molecular complexity index is 1700. The molecule has 5 heterocycles. The van der Waals surface area contributed by atoms with Crippen LogP contribution in [0.25, 0.3) is 10.8 Å². The van der Waals surface area contributed by atoms with E-state index in [2.05, 4.69) is 32.4 Å². The number of morpholine rings is 1. The van der Waals surface area contributed by atoms with E-state index in [-0.39, 0.29) is 29.2 Å². The smallest absolute Gasteiger partial charge is 0.407 e. The van der Waals surface area contributed by atoms with E-state index in [9.17, 15) is 19.8 Å². The van der Waals surface area contributed by atoms with Crippen molar-refractivity contribution < 1.29 is 29.3 Å². The molecule has 2 atom stereocenters. The summed E-state index contributed by atoms with van der Waals surface area (Å²) >= 11 is 2.23. The number of aromatic hydroxyl groups is 1. The van der Waals surface area contributed by atoms with Crippen LogP contribution in [0.2, 0.25) is 0 Å². The molecule has 0 radical (unpaired) electrons. The third kappa shape index (κ3) is 5.49. The maximum Gasteiger partial charge on any atom is 0.407 e. The van der Waals surface area contributed by atoms with Gasteiger partial charge < -0.3 is 29.5 Å². The van der Waals surface area contributed by atoms with E-state index < -0.39 is 6.09 Å². The Morgan fingerprint density at radius 3 is 2.54 bits per heavy atom. The van der Waals surface area contributed by atoms with Gasteiger partial charge in [0.1, 0.15) is 11.6 Å². The predicted octanol–water partition coefficient (Wildman–Crippen LogP) is 3.92. The average Bonchev–Trinajstić information content (AvgIpc) is 3.57. The maximum atomic E-state index is 14.1. The van der Waals surface area contributed by atoms with E-state index in [0.29, 0.717) is 44.4 Å². The number of carbonyl (C=O) groups is 2. The number of benzene rings is 2. The third-order valence-electron chi connectivity index (χ3n) is 10.3. The number of phenols is 1. The third-order valence-corrected chi connectivity index (χ3v) is 11.2. The van der Waals surface area contributed by atoms with Crippen molar-refractivity contribution in [2.75, 3.05) is 57.4 Å². The normalized spacial score (nSPS) is 23.5. The van der Waals surface area contributed by atoms with Crippen molar-refractivity contribution in [3.05, 3.63) is 50.7 Å². The summed E-state index contributed by atoms with van der Waals surface area (Å²) < 4.78 is 12.8. The Kier molecular flexibility index (Phi) is 7.60. The first-order chi connectivity index (χ1) is 22.3. The summed E-state index contributed by atoms with van der Waals surface area (Å²) in [5.74, 6) is 0.587. The zero-order valence-corrected chi connectivity index (χ0v) is 27.7. The van der Waals surface area contributed by atoms with Gasteiger partial charge in [0.2, 0.25) is 0 Å². The Hall–Kier alpha value is -3.43. The SMILES string of the molecule is O=C(c1cc(O)cc2cccc(I)c12)N1Cc2nc(OCC3(CN4CCOCC4)CC3)nc(N3CC4CCC(C3)N4C(=O)O)c2C1. The van der Waals surface area contributed by atoms with Crippen LogP contribution >= 0.6 is 22.6 Å². The van der Waals surface area contributed by atoms with Crippen LogP contribution in [0.4, 0.5) is 10.6 Å². The van der Waals surface area contributed by atoms with Gasteiger partial charge in [-0.2, -0.15) is 9.97 Å². The molecule has 2 amide bonds. The van der Waals surface area contributed by atoms with Crippen LogP contribution in [0.3, 0.4) is 0 Å². The number of rotatable bonds is 7. The minimum Gasteiger partial charge on any atom is -0.508 e. The number of halogens is 1. The Balaban J connectivity index is 1.09. The van der Waals surface area contributed by atoms with Crippen LogP contribution < -0.4 is 9.64 Å². The van der Waals surface area contributed by atoms with E-state index in [0.717, 1.165) is 89.9 Å². The van der Waals surface area contributed by atoms with Crippen molar-refractivity contribution in [3.8, 4) is 11.8 Å². The lowest BCUT2D eigenvalue weighted by molar-refractivity contribution is 0.0231. The van der Waals surface area contributed by atoms with Crippen LogP contribution in [0.5, 0.6) is 11.8 Å². The van der Waals surface area contributed by atoms with Crippen molar-refractivity contribution >= 4 is 51.2 Å². The van der Waals surface area contributed by atoms with Crippen LogP contribution in [0.15, 0.2) is 30.3 Å². The van der Waals surface area contributed by atoms with Gasteiger partial charge in [0.05, 0.1) is 56.3 Å². The molecular formula is C33H37IN6O6. The summed E-state index contributed by atoms with van der Waals surface area (Å²) in [6.45, 7) is 6.57. The molecule has 1 saturated carbocycles. The second-order valence-electron chi connectivity index (χ2n) is 13.4. The van der Waals surface area contributed by atoms with Crippen LogP contribution in [-0.2, 0) is 17.8 Å². The molecule has 12 nitrogen and oxygen atoms in total. The second-order valence-corrected chi connectivity index (χ2v) is 14.6. The van der Waals surface area contributed by atoms with E-state index in [4.69, 9.17) is 19.4 Å². The molecule has 2 aromatic carbocycles. The number of ether oxygens (including phenoxy) is 2. The molecule has 2 N–H and O–H groups in total. The first-order valence-electron chi connectivity index (χ1n) is 16.1. The molecule has 0 spiro atoms. The number of carbonyl (C=O) groups excluding carboxylic acids is 1. The van der Waals surface area contributed by atoms with E-state index >= 15 is 0 Å². The maximum absolute atomic E-state index is 14.1.